The van der Waals surface area contributed by atoms with Gasteiger partial charge in [-0.25, -0.2) is 0 Å². The van der Waals surface area contributed by atoms with Crippen LogP contribution in [0.25, 0.3) is 0 Å². The van der Waals surface area contributed by atoms with Crippen LogP contribution in [-0.2, 0) is 4.79 Å². The molecule has 14 heavy (non-hydrogen) atoms. The Hall–Kier alpha value is -1.29. The van der Waals surface area contributed by atoms with Crippen LogP contribution in [0.15, 0.2) is 24.5 Å². The summed E-state index contributed by atoms with van der Waals surface area (Å²) >= 11 is 0. The first-order valence-corrected chi connectivity index (χ1v) is 5.01. The van der Waals surface area contributed by atoms with E-state index in [0.717, 1.165) is 13.0 Å². The van der Waals surface area contributed by atoms with Crippen LogP contribution in [0.4, 0.5) is 0 Å². The van der Waals surface area contributed by atoms with Gasteiger partial charge < -0.3 is 5.32 Å². The lowest BCUT2D eigenvalue weighted by Gasteiger charge is -2.10. The SMILES string of the molecule is O=C(CC1CCCN1)Nn1cccc1. The highest BCUT2D eigenvalue weighted by molar-refractivity contribution is 5.84. The fourth-order valence-corrected chi connectivity index (χ4v) is 1.75. The largest absolute Gasteiger partial charge is 0.313 e. The Bertz CT molecular complexity index is 288. The quantitative estimate of drug-likeness (QED) is 0.742. The molecule has 1 fully saturated rings. The molecule has 0 aliphatic carbocycles. The van der Waals surface area contributed by atoms with E-state index in [9.17, 15) is 4.79 Å². The molecule has 0 aromatic carbocycles. The van der Waals surface area contributed by atoms with E-state index in [4.69, 9.17) is 0 Å². The van der Waals surface area contributed by atoms with Crippen molar-refractivity contribution in [2.75, 3.05) is 12.0 Å². The third-order valence-electron chi connectivity index (χ3n) is 2.45. The topological polar surface area (TPSA) is 46.1 Å². The van der Waals surface area contributed by atoms with E-state index in [0.29, 0.717) is 12.5 Å². The average molecular weight is 193 g/mol. The maximum Gasteiger partial charge on any atom is 0.240 e. The maximum atomic E-state index is 11.5. The number of nitrogens with one attached hydrogen (secondary N) is 2. The minimum Gasteiger partial charge on any atom is -0.313 e. The molecule has 1 aromatic rings. The third kappa shape index (κ3) is 2.35. The summed E-state index contributed by atoms with van der Waals surface area (Å²) in [6.45, 7) is 1.04. The van der Waals surface area contributed by atoms with Gasteiger partial charge in [-0.3, -0.25) is 14.9 Å². The monoisotopic (exact) mass is 193 g/mol. The fourth-order valence-electron chi connectivity index (χ4n) is 1.75. The molecule has 1 saturated heterocycles. The number of carbonyl (C=O) groups excluding carboxylic acids is 1. The lowest BCUT2D eigenvalue weighted by atomic mass is 10.1. The lowest BCUT2D eigenvalue weighted by molar-refractivity contribution is -0.117. The molecule has 1 amide bonds. The van der Waals surface area contributed by atoms with Crippen molar-refractivity contribution in [3.05, 3.63) is 24.5 Å². The molecule has 1 aliphatic rings. The van der Waals surface area contributed by atoms with Crippen molar-refractivity contribution in [2.24, 2.45) is 0 Å². The maximum absolute atomic E-state index is 11.5. The number of hydrogen-bond donors (Lipinski definition) is 2. The van der Waals surface area contributed by atoms with E-state index in [-0.39, 0.29) is 5.91 Å². The minimum absolute atomic E-state index is 0.0700. The Kier molecular flexibility index (Phi) is 2.84. The van der Waals surface area contributed by atoms with Crippen LogP contribution in [0, 0.1) is 0 Å². The highest BCUT2D eigenvalue weighted by Crippen LogP contribution is 2.08. The van der Waals surface area contributed by atoms with Crippen LogP contribution in [0.2, 0.25) is 0 Å². The molecule has 1 atom stereocenters. The Morgan fingerprint density at radius 1 is 1.50 bits per heavy atom. The summed E-state index contributed by atoms with van der Waals surface area (Å²) in [5.41, 5.74) is 2.79. The zero-order valence-corrected chi connectivity index (χ0v) is 8.07. The van der Waals surface area contributed by atoms with E-state index in [1.54, 1.807) is 4.68 Å². The highest BCUT2D eigenvalue weighted by atomic mass is 16.2. The van der Waals surface area contributed by atoms with E-state index < -0.39 is 0 Å². The first kappa shape index (κ1) is 9.27. The van der Waals surface area contributed by atoms with E-state index >= 15 is 0 Å². The molecule has 4 nitrogen and oxygen atoms in total. The van der Waals surface area contributed by atoms with Crippen molar-refractivity contribution in [1.82, 2.24) is 9.99 Å². The fraction of sp³-hybridized carbons (Fsp3) is 0.500. The Morgan fingerprint density at radius 2 is 2.29 bits per heavy atom. The van der Waals surface area contributed by atoms with E-state index in [1.807, 2.05) is 24.5 Å². The van der Waals surface area contributed by atoms with Gasteiger partial charge in [-0.05, 0) is 31.5 Å². The normalized spacial score (nSPS) is 21.0. The van der Waals surface area contributed by atoms with Gasteiger partial charge >= 0.3 is 0 Å². The zero-order chi connectivity index (χ0) is 9.80. The van der Waals surface area contributed by atoms with Crippen LogP contribution in [0.1, 0.15) is 19.3 Å². The molecular weight excluding hydrogens is 178 g/mol. The summed E-state index contributed by atoms with van der Waals surface area (Å²) in [5.74, 6) is 0.0700. The second kappa shape index (κ2) is 4.28. The van der Waals surface area contributed by atoms with Gasteiger partial charge in [0, 0.05) is 24.9 Å². The lowest BCUT2D eigenvalue weighted by Crippen LogP contribution is -2.30. The summed E-state index contributed by atoms with van der Waals surface area (Å²) < 4.78 is 1.68. The third-order valence-corrected chi connectivity index (χ3v) is 2.45. The molecule has 1 aliphatic heterocycles. The molecule has 1 unspecified atom stereocenters. The van der Waals surface area contributed by atoms with Crippen molar-refractivity contribution in [3.8, 4) is 0 Å². The Labute approximate surface area is 83.3 Å². The van der Waals surface area contributed by atoms with Crippen molar-refractivity contribution >= 4 is 5.91 Å². The predicted octanol–water partition coefficient (Wildman–Crippen LogP) is 0.700. The summed E-state index contributed by atoms with van der Waals surface area (Å²) in [5, 5.41) is 3.30. The van der Waals surface area contributed by atoms with Gasteiger partial charge in [0.25, 0.3) is 0 Å². The standard InChI is InChI=1S/C10H15N3O/c14-10(8-9-4-3-5-11-9)12-13-6-1-2-7-13/h1-2,6-7,9,11H,3-5,8H2,(H,12,14). The molecule has 0 spiro atoms. The summed E-state index contributed by atoms with van der Waals surface area (Å²) in [6.07, 6.45) is 6.50. The number of rotatable bonds is 3. The first-order chi connectivity index (χ1) is 6.84. The molecular formula is C10H15N3O. The smallest absolute Gasteiger partial charge is 0.240 e. The van der Waals surface area contributed by atoms with Gasteiger partial charge in [-0.2, -0.15) is 0 Å². The van der Waals surface area contributed by atoms with Gasteiger partial charge in [0.15, 0.2) is 0 Å². The number of hydrogen-bond acceptors (Lipinski definition) is 2. The molecule has 2 N–H and O–H groups in total. The molecule has 4 heteroatoms. The highest BCUT2D eigenvalue weighted by Gasteiger charge is 2.17. The number of carbonyl (C=O) groups is 1. The van der Waals surface area contributed by atoms with Gasteiger partial charge in [-0.1, -0.05) is 0 Å². The number of nitrogens with zero attached hydrogens (tertiary/aromatic N) is 1. The molecule has 1 aromatic heterocycles. The number of aromatic nitrogens is 1. The van der Waals surface area contributed by atoms with Crippen LogP contribution in [0.5, 0.6) is 0 Å². The molecule has 0 radical (unpaired) electrons. The van der Waals surface area contributed by atoms with Gasteiger partial charge in [0.1, 0.15) is 0 Å². The average Bonchev–Trinajstić information content (AvgIpc) is 2.76. The second-order valence-electron chi connectivity index (χ2n) is 3.62. The summed E-state index contributed by atoms with van der Waals surface area (Å²) in [6, 6.07) is 4.13. The predicted molar refractivity (Wildman–Crippen MR) is 54.4 cm³/mol. The summed E-state index contributed by atoms with van der Waals surface area (Å²) in [7, 11) is 0. The molecule has 2 rings (SSSR count). The van der Waals surface area contributed by atoms with Crippen molar-refractivity contribution in [3.63, 3.8) is 0 Å². The Morgan fingerprint density at radius 3 is 2.93 bits per heavy atom. The molecule has 2 heterocycles. The van der Waals surface area contributed by atoms with Gasteiger partial charge in [0.05, 0.1) is 0 Å². The van der Waals surface area contributed by atoms with E-state index in [2.05, 4.69) is 10.7 Å². The van der Waals surface area contributed by atoms with E-state index in [1.165, 1.54) is 6.42 Å². The summed E-state index contributed by atoms with van der Waals surface area (Å²) in [4.78, 5) is 11.5. The van der Waals surface area contributed by atoms with Crippen LogP contribution >= 0.6 is 0 Å². The van der Waals surface area contributed by atoms with Crippen LogP contribution in [-0.4, -0.2) is 23.2 Å². The zero-order valence-electron chi connectivity index (χ0n) is 8.07. The van der Waals surface area contributed by atoms with Gasteiger partial charge in [0.2, 0.25) is 5.91 Å². The molecule has 0 bridgehead atoms. The number of amides is 1. The van der Waals surface area contributed by atoms with Crippen molar-refractivity contribution < 1.29 is 4.79 Å². The van der Waals surface area contributed by atoms with Crippen molar-refractivity contribution in [1.29, 1.82) is 0 Å². The Balaban J connectivity index is 1.78. The first-order valence-electron chi connectivity index (χ1n) is 5.01. The molecule has 76 valence electrons. The van der Waals surface area contributed by atoms with Crippen LogP contribution in [0.3, 0.4) is 0 Å². The van der Waals surface area contributed by atoms with Crippen LogP contribution < -0.4 is 10.7 Å². The molecule has 0 saturated carbocycles. The second-order valence-corrected chi connectivity index (χ2v) is 3.62. The van der Waals surface area contributed by atoms with Gasteiger partial charge in [-0.15, -0.1) is 0 Å². The minimum atomic E-state index is 0.0700. The van der Waals surface area contributed by atoms with Crippen molar-refractivity contribution in [2.45, 2.75) is 25.3 Å².